The maximum absolute atomic E-state index is 12.9. The maximum Gasteiger partial charge on any atom is 0.326 e. The molecule has 0 saturated heterocycles. The van der Waals surface area contributed by atoms with Crippen LogP contribution in [0.3, 0.4) is 0 Å². The van der Waals surface area contributed by atoms with E-state index in [1.807, 2.05) is 6.26 Å². The van der Waals surface area contributed by atoms with Gasteiger partial charge in [0.2, 0.25) is 17.7 Å². The van der Waals surface area contributed by atoms with E-state index in [9.17, 15) is 29.4 Å². The Kier molecular flexibility index (Phi) is 13.7. The van der Waals surface area contributed by atoms with E-state index in [1.165, 1.54) is 12.1 Å². The number of thioether (sulfide) groups is 1. The van der Waals surface area contributed by atoms with Crippen LogP contribution in [0.15, 0.2) is 29.3 Å². The number of carboxylic acids is 1. The highest BCUT2D eigenvalue weighted by Crippen LogP contribution is 2.12. The van der Waals surface area contributed by atoms with Crippen LogP contribution in [0.1, 0.15) is 24.8 Å². The summed E-state index contributed by atoms with van der Waals surface area (Å²) in [6, 6.07) is 2.74. The number of nitrogens with one attached hydrogen (secondary N) is 3. The largest absolute Gasteiger partial charge is 0.508 e. The van der Waals surface area contributed by atoms with E-state index in [4.69, 9.17) is 17.2 Å². The lowest BCUT2D eigenvalue weighted by Gasteiger charge is -2.22. The Morgan fingerprint density at radius 3 is 2.28 bits per heavy atom. The second-order valence-electron chi connectivity index (χ2n) is 7.94. The minimum absolute atomic E-state index is 0.0236. The highest BCUT2D eigenvalue weighted by molar-refractivity contribution is 7.98. The van der Waals surface area contributed by atoms with Gasteiger partial charge < -0.3 is 43.4 Å². The van der Waals surface area contributed by atoms with Crippen molar-refractivity contribution < 1.29 is 29.4 Å². The van der Waals surface area contributed by atoms with Crippen molar-refractivity contribution in [3.05, 3.63) is 29.8 Å². The molecule has 36 heavy (non-hydrogen) atoms. The van der Waals surface area contributed by atoms with Crippen LogP contribution in [0.5, 0.6) is 5.75 Å². The van der Waals surface area contributed by atoms with E-state index in [0.717, 1.165) is 0 Å². The fraction of sp³-hybridized carbons (Fsp3) is 0.500. The standard InChI is InChI=1S/C22H35N7O6S/c1-36-10-8-15(23)19(32)27-12-18(31)28-16(3-2-9-26-22(24)25)20(33)29-17(21(34)35)11-13-4-6-14(30)7-5-13/h4-7,15-17,30H,2-3,8-12,23H2,1H3,(H,27,32)(H,28,31)(H,29,33)(H,34,35)(H4,24,25,26). The fourth-order valence-corrected chi connectivity index (χ4v) is 3.52. The molecule has 0 aliphatic rings. The lowest BCUT2D eigenvalue weighted by molar-refractivity contribution is -0.142. The van der Waals surface area contributed by atoms with Crippen molar-refractivity contribution in [1.29, 1.82) is 0 Å². The number of carbonyl (C=O) groups excluding carboxylic acids is 3. The van der Waals surface area contributed by atoms with Gasteiger partial charge in [-0.2, -0.15) is 11.8 Å². The molecule has 200 valence electrons. The van der Waals surface area contributed by atoms with Gasteiger partial charge in [-0.3, -0.25) is 19.4 Å². The molecule has 3 atom stereocenters. The van der Waals surface area contributed by atoms with Crippen LogP contribution in [0.2, 0.25) is 0 Å². The molecule has 0 aromatic heterocycles. The number of carboxylic acid groups (broad SMARTS) is 1. The minimum Gasteiger partial charge on any atom is -0.508 e. The molecule has 0 bridgehead atoms. The van der Waals surface area contributed by atoms with E-state index in [-0.39, 0.29) is 31.1 Å². The van der Waals surface area contributed by atoms with Gasteiger partial charge in [-0.05, 0) is 49.0 Å². The molecule has 0 fully saturated rings. The molecule has 0 aliphatic carbocycles. The van der Waals surface area contributed by atoms with Crippen molar-refractivity contribution in [3.63, 3.8) is 0 Å². The first-order chi connectivity index (χ1) is 17.0. The van der Waals surface area contributed by atoms with Crippen LogP contribution in [0.4, 0.5) is 0 Å². The SMILES string of the molecule is CSCCC(N)C(=O)NCC(=O)NC(CCCN=C(N)N)C(=O)NC(Cc1ccc(O)cc1)C(=O)O. The third-order valence-electron chi connectivity index (χ3n) is 4.98. The molecule has 0 saturated carbocycles. The third kappa shape index (κ3) is 12.3. The van der Waals surface area contributed by atoms with Gasteiger partial charge in [-0.25, -0.2) is 4.79 Å². The second-order valence-corrected chi connectivity index (χ2v) is 8.93. The van der Waals surface area contributed by atoms with E-state index in [2.05, 4.69) is 20.9 Å². The Balaban J connectivity index is 2.81. The third-order valence-corrected chi connectivity index (χ3v) is 5.62. The zero-order chi connectivity index (χ0) is 27.1. The Bertz CT molecular complexity index is 909. The molecule has 0 heterocycles. The van der Waals surface area contributed by atoms with E-state index < -0.39 is 48.4 Å². The molecule has 0 aliphatic heterocycles. The first-order valence-corrected chi connectivity index (χ1v) is 12.6. The molecule has 0 spiro atoms. The number of rotatable bonds is 16. The molecule has 3 unspecified atom stereocenters. The first kappa shape index (κ1) is 30.5. The average Bonchev–Trinajstić information content (AvgIpc) is 2.83. The normalized spacial score (nSPS) is 13.1. The summed E-state index contributed by atoms with van der Waals surface area (Å²) in [5.74, 6) is -2.54. The first-order valence-electron chi connectivity index (χ1n) is 11.2. The molecule has 1 aromatic carbocycles. The summed E-state index contributed by atoms with van der Waals surface area (Å²) in [5, 5.41) is 26.3. The van der Waals surface area contributed by atoms with Crippen molar-refractivity contribution in [3.8, 4) is 5.75 Å². The van der Waals surface area contributed by atoms with E-state index >= 15 is 0 Å². The van der Waals surface area contributed by atoms with Crippen LogP contribution >= 0.6 is 11.8 Å². The molecular weight excluding hydrogens is 490 g/mol. The smallest absolute Gasteiger partial charge is 0.326 e. The van der Waals surface area contributed by atoms with Gasteiger partial charge in [0, 0.05) is 13.0 Å². The summed E-state index contributed by atoms with van der Waals surface area (Å²) in [4.78, 5) is 52.9. The fourth-order valence-electron chi connectivity index (χ4n) is 3.03. The number of hydrogen-bond acceptors (Lipinski definition) is 8. The quantitative estimate of drug-likeness (QED) is 0.0687. The van der Waals surface area contributed by atoms with Gasteiger partial charge in [0.1, 0.15) is 17.8 Å². The lowest BCUT2D eigenvalue weighted by atomic mass is 10.0. The number of aliphatic carboxylic acids is 1. The summed E-state index contributed by atoms with van der Waals surface area (Å²) in [6.07, 6.45) is 2.72. The van der Waals surface area contributed by atoms with Crippen molar-refractivity contribution >= 4 is 41.4 Å². The Hall–Kier alpha value is -3.52. The van der Waals surface area contributed by atoms with Gasteiger partial charge in [0.25, 0.3) is 0 Å². The van der Waals surface area contributed by atoms with Gasteiger partial charge in [0.15, 0.2) is 5.96 Å². The number of guanidine groups is 1. The minimum atomic E-state index is -1.28. The number of nitrogens with zero attached hydrogens (tertiary/aromatic N) is 1. The number of benzene rings is 1. The number of aromatic hydroxyl groups is 1. The van der Waals surface area contributed by atoms with Crippen molar-refractivity contribution in [1.82, 2.24) is 16.0 Å². The molecule has 14 heteroatoms. The average molecular weight is 526 g/mol. The van der Waals surface area contributed by atoms with Gasteiger partial charge in [0.05, 0.1) is 12.6 Å². The van der Waals surface area contributed by atoms with Crippen molar-refractivity contribution in [2.24, 2.45) is 22.2 Å². The number of carbonyl (C=O) groups is 4. The summed E-state index contributed by atoms with van der Waals surface area (Å²) < 4.78 is 0. The molecule has 11 N–H and O–H groups in total. The zero-order valence-electron chi connectivity index (χ0n) is 20.1. The zero-order valence-corrected chi connectivity index (χ0v) is 20.9. The summed E-state index contributed by atoms with van der Waals surface area (Å²) in [5.41, 5.74) is 17.0. The number of nitrogens with two attached hydrogens (primary N) is 3. The molecule has 1 aromatic rings. The Morgan fingerprint density at radius 1 is 1.03 bits per heavy atom. The molecule has 3 amide bonds. The summed E-state index contributed by atoms with van der Waals surface area (Å²) in [6.45, 7) is -0.210. The van der Waals surface area contributed by atoms with Crippen molar-refractivity contribution in [2.75, 3.05) is 25.1 Å². The number of phenols is 1. The number of amides is 3. The number of phenolic OH excluding ortho intramolecular Hbond substituents is 1. The van der Waals surface area contributed by atoms with Gasteiger partial charge in [-0.15, -0.1) is 0 Å². The molecule has 0 radical (unpaired) electrons. The van der Waals surface area contributed by atoms with Crippen LogP contribution in [-0.2, 0) is 25.6 Å². The van der Waals surface area contributed by atoms with Crippen LogP contribution in [0.25, 0.3) is 0 Å². The number of aliphatic imine (C=N–C) groups is 1. The van der Waals surface area contributed by atoms with Crippen molar-refractivity contribution in [2.45, 2.75) is 43.8 Å². The van der Waals surface area contributed by atoms with E-state index in [0.29, 0.717) is 24.2 Å². The monoisotopic (exact) mass is 525 g/mol. The van der Waals surface area contributed by atoms with E-state index in [1.54, 1.807) is 23.9 Å². The summed E-state index contributed by atoms with van der Waals surface area (Å²) in [7, 11) is 0. The van der Waals surface area contributed by atoms with Gasteiger partial charge >= 0.3 is 5.97 Å². The number of hydrogen-bond donors (Lipinski definition) is 8. The molecular formula is C22H35N7O6S. The van der Waals surface area contributed by atoms with Crippen LogP contribution in [0, 0.1) is 0 Å². The maximum atomic E-state index is 12.9. The van der Waals surface area contributed by atoms with Crippen LogP contribution < -0.4 is 33.2 Å². The molecule has 1 rings (SSSR count). The van der Waals surface area contributed by atoms with Gasteiger partial charge in [-0.1, -0.05) is 12.1 Å². The highest BCUT2D eigenvalue weighted by Gasteiger charge is 2.27. The topological polar surface area (TPSA) is 235 Å². The Labute approximate surface area is 213 Å². The Morgan fingerprint density at radius 2 is 1.69 bits per heavy atom. The lowest BCUT2D eigenvalue weighted by Crippen LogP contribution is -2.54. The summed E-state index contributed by atoms with van der Waals surface area (Å²) >= 11 is 1.54. The highest BCUT2D eigenvalue weighted by atomic mass is 32.2. The predicted molar refractivity (Wildman–Crippen MR) is 137 cm³/mol. The van der Waals surface area contributed by atoms with Crippen LogP contribution in [-0.4, -0.2) is 83.1 Å². The predicted octanol–water partition coefficient (Wildman–Crippen LogP) is -1.76. The second kappa shape index (κ2) is 16.2. The molecule has 13 nitrogen and oxygen atoms in total.